The summed E-state index contributed by atoms with van der Waals surface area (Å²) < 4.78 is 24.0. The molecule has 0 aromatic heterocycles. The van der Waals surface area contributed by atoms with Crippen LogP contribution in [0.15, 0.2) is 24.3 Å². The summed E-state index contributed by atoms with van der Waals surface area (Å²) in [5, 5.41) is 0. The van der Waals surface area contributed by atoms with Crippen LogP contribution in [-0.2, 0) is 9.47 Å². The van der Waals surface area contributed by atoms with Crippen LogP contribution in [0.4, 0.5) is 4.39 Å². The summed E-state index contributed by atoms with van der Waals surface area (Å²) in [6.07, 6.45) is 1.03. The summed E-state index contributed by atoms with van der Waals surface area (Å²) in [4.78, 5) is 2.41. The molecule has 2 atom stereocenters. The van der Waals surface area contributed by atoms with E-state index >= 15 is 0 Å². The highest BCUT2D eigenvalue weighted by Gasteiger charge is 2.32. The van der Waals surface area contributed by atoms with Gasteiger partial charge < -0.3 is 9.47 Å². The van der Waals surface area contributed by atoms with E-state index in [9.17, 15) is 4.39 Å². The molecule has 3 rings (SSSR count). The van der Waals surface area contributed by atoms with Crippen molar-refractivity contribution in [3.8, 4) is 0 Å². The van der Waals surface area contributed by atoms with E-state index < -0.39 is 0 Å². The van der Waals surface area contributed by atoms with Crippen LogP contribution in [-0.4, -0.2) is 43.5 Å². The van der Waals surface area contributed by atoms with E-state index in [0.717, 1.165) is 19.5 Å². The Balaban J connectivity index is 1.62. The first-order valence-corrected chi connectivity index (χ1v) is 6.95. The van der Waals surface area contributed by atoms with E-state index in [4.69, 9.17) is 9.47 Å². The quantitative estimate of drug-likeness (QED) is 0.837. The van der Waals surface area contributed by atoms with Gasteiger partial charge in [0.1, 0.15) is 5.82 Å². The van der Waals surface area contributed by atoms with E-state index in [0.29, 0.717) is 25.2 Å². The van der Waals surface area contributed by atoms with Gasteiger partial charge in [-0.2, -0.15) is 0 Å². The van der Waals surface area contributed by atoms with Crippen LogP contribution >= 0.6 is 0 Å². The molecule has 0 amide bonds. The summed E-state index contributed by atoms with van der Waals surface area (Å²) >= 11 is 0. The van der Waals surface area contributed by atoms with Crippen LogP contribution in [0.25, 0.3) is 0 Å². The van der Waals surface area contributed by atoms with Crippen LogP contribution in [0.5, 0.6) is 0 Å². The van der Waals surface area contributed by atoms with Crippen molar-refractivity contribution in [3.05, 3.63) is 35.6 Å². The SMILES string of the molecule is C[C@H]1C[C@H](c2ccc(F)cc2)CN1CC1OCCO1. The maximum absolute atomic E-state index is 13.0. The second-order valence-corrected chi connectivity index (χ2v) is 5.46. The smallest absolute Gasteiger partial charge is 0.170 e. The highest BCUT2D eigenvalue weighted by atomic mass is 19.1. The summed E-state index contributed by atoms with van der Waals surface area (Å²) in [5.74, 6) is 0.316. The lowest BCUT2D eigenvalue weighted by molar-refractivity contribution is -0.0631. The third-order valence-corrected chi connectivity index (χ3v) is 4.12. The fraction of sp³-hybridized carbons (Fsp3) is 0.600. The van der Waals surface area contributed by atoms with E-state index in [-0.39, 0.29) is 12.1 Å². The van der Waals surface area contributed by atoms with Gasteiger partial charge in [0.15, 0.2) is 6.29 Å². The first-order valence-electron chi connectivity index (χ1n) is 6.95. The Morgan fingerprint density at radius 3 is 2.58 bits per heavy atom. The molecule has 0 unspecified atom stereocenters. The molecule has 0 radical (unpaired) electrons. The zero-order valence-corrected chi connectivity index (χ0v) is 11.2. The maximum Gasteiger partial charge on any atom is 0.170 e. The number of nitrogens with zero attached hydrogens (tertiary/aromatic N) is 1. The Kier molecular flexibility index (Phi) is 3.82. The molecule has 2 saturated heterocycles. The highest BCUT2D eigenvalue weighted by molar-refractivity contribution is 5.22. The van der Waals surface area contributed by atoms with Crippen molar-refractivity contribution in [2.24, 2.45) is 0 Å². The van der Waals surface area contributed by atoms with Gasteiger partial charge in [0.25, 0.3) is 0 Å². The van der Waals surface area contributed by atoms with Crippen molar-refractivity contribution < 1.29 is 13.9 Å². The fourth-order valence-corrected chi connectivity index (χ4v) is 3.03. The summed E-state index contributed by atoms with van der Waals surface area (Å²) in [6, 6.07) is 7.41. The summed E-state index contributed by atoms with van der Waals surface area (Å²) in [7, 11) is 0. The van der Waals surface area contributed by atoms with Crippen LogP contribution in [0.3, 0.4) is 0 Å². The third-order valence-electron chi connectivity index (χ3n) is 4.12. The molecule has 104 valence electrons. The Morgan fingerprint density at radius 2 is 1.89 bits per heavy atom. The monoisotopic (exact) mass is 265 g/mol. The van der Waals surface area contributed by atoms with E-state index in [1.54, 1.807) is 12.1 Å². The van der Waals surface area contributed by atoms with E-state index in [2.05, 4.69) is 11.8 Å². The molecule has 4 heteroatoms. The zero-order chi connectivity index (χ0) is 13.2. The molecule has 0 spiro atoms. The number of likely N-dealkylation sites (tertiary alicyclic amines) is 1. The van der Waals surface area contributed by atoms with E-state index in [1.165, 1.54) is 5.56 Å². The second-order valence-electron chi connectivity index (χ2n) is 5.46. The lowest BCUT2D eigenvalue weighted by atomic mass is 9.97. The first-order chi connectivity index (χ1) is 9.22. The molecule has 2 fully saturated rings. The van der Waals surface area contributed by atoms with Gasteiger partial charge in [-0.05, 0) is 37.0 Å². The van der Waals surface area contributed by atoms with Gasteiger partial charge in [0.05, 0.1) is 13.2 Å². The van der Waals surface area contributed by atoms with Crippen molar-refractivity contribution >= 4 is 0 Å². The maximum atomic E-state index is 13.0. The van der Waals surface area contributed by atoms with Crippen molar-refractivity contribution in [1.82, 2.24) is 4.90 Å². The Hall–Kier alpha value is -0.970. The lowest BCUT2D eigenvalue weighted by Gasteiger charge is -2.23. The zero-order valence-electron chi connectivity index (χ0n) is 11.2. The predicted molar refractivity (Wildman–Crippen MR) is 70.5 cm³/mol. The fourth-order valence-electron chi connectivity index (χ4n) is 3.03. The van der Waals surface area contributed by atoms with Crippen molar-refractivity contribution in [1.29, 1.82) is 0 Å². The van der Waals surface area contributed by atoms with Crippen molar-refractivity contribution in [2.45, 2.75) is 31.6 Å². The van der Waals surface area contributed by atoms with Crippen LogP contribution in [0, 0.1) is 5.82 Å². The topological polar surface area (TPSA) is 21.7 Å². The van der Waals surface area contributed by atoms with Crippen molar-refractivity contribution in [2.75, 3.05) is 26.3 Å². The Morgan fingerprint density at radius 1 is 1.21 bits per heavy atom. The lowest BCUT2D eigenvalue weighted by Crippen LogP contribution is -2.35. The molecular formula is C15H20FNO2. The number of benzene rings is 1. The van der Waals surface area contributed by atoms with Gasteiger partial charge in [0, 0.05) is 19.1 Å². The Bertz CT molecular complexity index is 417. The van der Waals surface area contributed by atoms with Crippen LogP contribution in [0.2, 0.25) is 0 Å². The molecular weight excluding hydrogens is 245 g/mol. The summed E-state index contributed by atoms with van der Waals surface area (Å²) in [6.45, 7) is 5.47. The molecule has 2 aliphatic heterocycles. The molecule has 2 heterocycles. The van der Waals surface area contributed by atoms with Crippen molar-refractivity contribution in [3.63, 3.8) is 0 Å². The van der Waals surface area contributed by atoms with Gasteiger partial charge >= 0.3 is 0 Å². The molecule has 0 bridgehead atoms. The average molecular weight is 265 g/mol. The van der Waals surface area contributed by atoms with Crippen LogP contribution in [0.1, 0.15) is 24.8 Å². The number of ether oxygens (including phenoxy) is 2. The third kappa shape index (κ3) is 2.96. The molecule has 0 aliphatic carbocycles. The van der Waals surface area contributed by atoms with Gasteiger partial charge in [-0.15, -0.1) is 0 Å². The average Bonchev–Trinajstić information content (AvgIpc) is 3.02. The molecule has 1 aromatic rings. The van der Waals surface area contributed by atoms with Gasteiger partial charge in [-0.25, -0.2) is 4.39 Å². The standard InChI is InChI=1S/C15H20FNO2/c1-11-8-13(12-2-4-14(16)5-3-12)9-17(11)10-15-18-6-7-19-15/h2-5,11,13,15H,6-10H2,1H3/t11-,13-/m0/s1. The first kappa shape index (κ1) is 13.0. The molecule has 0 N–H and O–H groups in total. The number of hydrogen-bond donors (Lipinski definition) is 0. The van der Waals surface area contributed by atoms with Gasteiger partial charge in [0.2, 0.25) is 0 Å². The molecule has 2 aliphatic rings. The molecule has 19 heavy (non-hydrogen) atoms. The molecule has 0 saturated carbocycles. The molecule has 1 aromatic carbocycles. The number of rotatable bonds is 3. The number of halogens is 1. The largest absolute Gasteiger partial charge is 0.349 e. The number of hydrogen-bond acceptors (Lipinski definition) is 3. The minimum atomic E-state index is -0.167. The van der Waals surface area contributed by atoms with E-state index in [1.807, 2.05) is 12.1 Å². The van der Waals surface area contributed by atoms with Gasteiger partial charge in [-0.3, -0.25) is 4.90 Å². The second kappa shape index (κ2) is 5.57. The van der Waals surface area contributed by atoms with Crippen LogP contribution < -0.4 is 0 Å². The van der Waals surface area contributed by atoms with Gasteiger partial charge in [-0.1, -0.05) is 12.1 Å². The minimum absolute atomic E-state index is 0.0746. The minimum Gasteiger partial charge on any atom is -0.349 e. The highest BCUT2D eigenvalue weighted by Crippen LogP contribution is 2.32. The molecule has 3 nitrogen and oxygen atoms in total. The summed E-state index contributed by atoms with van der Waals surface area (Å²) in [5.41, 5.74) is 1.23. The predicted octanol–water partition coefficient (Wildman–Crippen LogP) is 2.38. The Labute approximate surface area is 113 Å². The normalized spacial score (nSPS) is 29.2.